The van der Waals surface area contributed by atoms with Crippen LogP contribution in [0.3, 0.4) is 0 Å². The number of hydrogen-bond acceptors (Lipinski definition) is 6. The zero-order chi connectivity index (χ0) is 25.2. The lowest BCUT2D eigenvalue weighted by molar-refractivity contribution is -0.140. The van der Waals surface area contributed by atoms with Crippen molar-refractivity contribution in [2.45, 2.75) is 30.2 Å². The first-order valence-electron chi connectivity index (χ1n) is 11.4. The lowest BCUT2D eigenvalue weighted by Gasteiger charge is -2.26. The Morgan fingerprint density at radius 2 is 1.77 bits per heavy atom. The van der Waals surface area contributed by atoms with Crippen LogP contribution in [0.5, 0.6) is 0 Å². The third-order valence-electron chi connectivity index (χ3n) is 6.32. The maximum Gasteiger partial charge on any atom is 0.295 e. The van der Waals surface area contributed by atoms with Gasteiger partial charge in [0.2, 0.25) is 10.0 Å². The third kappa shape index (κ3) is 5.06. The maximum absolute atomic E-state index is 13.0. The van der Waals surface area contributed by atoms with Crippen molar-refractivity contribution in [3.8, 4) is 0 Å². The number of sulfonamides is 1. The van der Waals surface area contributed by atoms with Gasteiger partial charge in [0.1, 0.15) is 5.76 Å². The van der Waals surface area contributed by atoms with Crippen LogP contribution in [0.2, 0.25) is 0 Å². The number of aliphatic hydroxyl groups is 1. The number of Topliss-reactive ketones (excluding diaryl/α,β-unsaturated/α-hetero) is 1. The van der Waals surface area contributed by atoms with E-state index >= 15 is 0 Å². The molecule has 0 radical (unpaired) electrons. The van der Waals surface area contributed by atoms with E-state index in [2.05, 4.69) is 15.9 Å². The lowest BCUT2D eigenvalue weighted by Crippen LogP contribution is -2.35. The highest BCUT2D eigenvalue weighted by Crippen LogP contribution is 2.40. The van der Waals surface area contributed by atoms with Gasteiger partial charge in [-0.2, -0.15) is 4.31 Å². The van der Waals surface area contributed by atoms with Gasteiger partial charge in [-0.3, -0.25) is 9.59 Å². The molecule has 0 bridgehead atoms. The van der Waals surface area contributed by atoms with E-state index in [-0.39, 0.29) is 34.9 Å². The Labute approximate surface area is 213 Å². The molecule has 0 aromatic heterocycles. The van der Waals surface area contributed by atoms with E-state index in [0.29, 0.717) is 18.7 Å². The second kappa shape index (κ2) is 10.6. The highest BCUT2D eigenvalue weighted by atomic mass is 79.9. The van der Waals surface area contributed by atoms with E-state index in [4.69, 9.17) is 4.74 Å². The fourth-order valence-electron chi connectivity index (χ4n) is 4.52. The van der Waals surface area contributed by atoms with Crippen molar-refractivity contribution in [3.63, 3.8) is 0 Å². The van der Waals surface area contributed by atoms with Crippen LogP contribution in [0.15, 0.2) is 63.5 Å². The van der Waals surface area contributed by atoms with E-state index in [0.717, 1.165) is 23.7 Å². The second-order valence-corrected chi connectivity index (χ2v) is 11.4. The van der Waals surface area contributed by atoms with Gasteiger partial charge in [0.25, 0.3) is 11.7 Å². The van der Waals surface area contributed by atoms with Crippen LogP contribution in [0.4, 0.5) is 0 Å². The molecule has 2 saturated heterocycles. The average Bonchev–Trinajstić information content (AvgIpc) is 3.12. The summed E-state index contributed by atoms with van der Waals surface area (Å²) in [4.78, 5) is 27.4. The Bertz CT molecular complexity index is 1250. The van der Waals surface area contributed by atoms with E-state index in [1.165, 1.54) is 40.6 Å². The Hall–Kier alpha value is -2.53. The minimum atomic E-state index is -3.63. The van der Waals surface area contributed by atoms with Gasteiger partial charge in [-0.1, -0.05) is 34.5 Å². The highest BCUT2D eigenvalue weighted by molar-refractivity contribution is 9.10. The quantitative estimate of drug-likeness (QED) is 0.313. The Morgan fingerprint density at radius 3 is 2.40 bits per heavy atom. The number of methoxy groups -OCH3 is 1. The first-order chi connectivity index (χ1) is 16.8. The van der Waals surface area contributed by atoms with Crippen LogP contribution in [-0.2, 0) is 24.3 Å². The summed E-state index contributed by atoms with van der Waals surface area (Å²) in [5, 5.41) is 11.2. The Morgan fingerprint density at radius 1 is 1.09 bits per heavy atom. The summed E-state index contributed by atoms with van der Waals surface area (Å²) in [6.45, 7) is 1.37. The maximum atomic E-state index is 13.0. The van der Waals surface area contributed by atoms with Crippen molar-refractivity contribution >= 4 is 43.4 Å². The molecule has 2 heterocycles. The topological polar surface area (TPSA) is 104 Å². The normalized spacial score (nSPS) is 21.0. The predicted molar refractivity (Wildman–Crippen MR) is 134 cm³/mol. The van der Waals surface area contributed by atoms with Gasteiger partial charge in [0.15, 0.2) is 0 Å². The average molecular weight is 563 g/mol. The molecule has 2 aromatic carbocycles. The molecule has 2 aromatic rings. The van der Waals surface area contributed by atoms with Crippen LogP contribution in [0.25, 0.3) is 5.76 Å². The van der Waals surface area contributed by atoms with Crippen LogP contribution in [0.1, 0.15) is 36.4 Å². The number of hydrogen-bond donors (Lipinski definition) is 1. The molecule has 186 valence electrons. The van der Waals surface area contributed by atoms with E-state index in [1.54, 1.807) is 18.2 Å². The van der Waals surface area contributed by atoms with Gasteiger partial charge in [0, 0.05) is 36.8 Å². The number of amides is 1. The molecule has 0 aliphatic carbocycles. The molecule has 0 spiro atoms. The second-order valence-electron chi connectivity index (χ2n) is 8.53. The highest BCUT2D eigenvalue weighted by Gasteiger charge is 2.46. The van der Waals surface area contributed by atoms with E-state index in [9.17, 15) is 23.1 Å². The Kier molecular flexibility index (Phi) is 7.75. The molecule has 10 heteroatoms. The summed E-state index contributed by atoms with van der Waals surface area (Å²) in [6, 6.07) is 12.2. The number of piperidine rings is 1. The number of halogens is 1. The number of carbonyl (C=O) groups excluding carboxylic acids is 2. The molecule has 4 rings (SSSR count). The van der Waals surface area contributed by atoms with Crippen molar-refractivity contribution < 1.29 is 27.9 Å². The molecular weight excluding hydrogens is 536 g/mol. The predicted octanol–water partition coefficient (Wildman–Crippen LogP) is 3.69. The standard InChI is InChI=1S/C25H27BrN2O6S/c1-34-15-14-28-22(18-6-5-7-19(26)16-18)21(24(30)25(28)31)23(29)17-8-10-20(11-9-17)35(32,33)27-12-3-2-4-13-27/h5-11,16,22,29H,2-4,12-15H2,1H3/b23-21+. The number of nitrogens with zero attached hydrogens (tertiary/aromatic N) is 2. The molecule has 1 unspecified atom stereocenters. The zero-order valence-corrected chi connectivity index (χ0v) is 21.7. The molecule has 1 N–H and O–H groups in total. The molecule has 2 fully saturated rings. The number of likely N-dealkylation sites (tertiary alicyclic amines) is 1. The summed E-state index contributed by atoms with van der Waals surface area (Å²) < 4.78 is 33.3. The third-order valence-corrected chi connectivity index (χ3v) is 8.73. The summed E-state index contributed by atoms with van der Waals surface area (Å²) in [7, 11) is -2.13. The number of ether oxygens (including phenoxy) is 1. The zero-order valence-electron chi connectivity index (χ0n) is 19.3. The molecule has 0 saturated carbocycles. The van der Waals surface area contributed by atoms with E-state index < -0.39 is 27.8 Å². The van der Waals surface area contributed by atoms with Crippen molar-refractivity contribution in [3.05, 3.63) is 69.7 Å². The molecule has 2 aliphatic rings. The minimum Gasteiger partial charge on any atom is -0.507 e. The van der Waals surface area contributed by atoms with Crippen LogP contribution in [0, 0.1) is 0 Å². The van der Waals surface area contributed by atoms with Crippen LogP contribution < -0.4 is 0 Å². The SMILES string of the molecule is COCCN1C(=O)C(=O)/C(=C(/O)c2ccc(S(=O)(=O)N3CCCCC3)cc2)C1c1cccc(Br)c1. The van der Waals surface area contributed by atoms with Gasteiger partial charge in [-0.25, -0.2) is 8.42 Å². The van der Waals surface area contributed by atoms with Crippen LogP contribution >= 0.6 is 15.9 Å². The van der Waals surface area contributed by atoms with Crippen molar-refractivity contribution in [2.24, 2.45) is 0 Å². The molecule has 8 nitrogen and oxygen atoms in total. The minimum absolute atomic E-state index is 0.0455. The van der Waals surface area contributed by atoms with E-state index in [1.807, 2.05) is 6.07 Å². The number of aliphatic hydroxyl groups excluding tert-OH is 1. The Balaban J connectivity index is 1.74. The summed E-state index contributed by atoms with van der Waals surface area (Å²) >= 11 is 3.42. The van der Waals surface area contributed by atoms with Gasteiger partial charge in [-0.15, -0.1) is 0 Å². The van der Waals surface area contributed by atoms with Gasteiger partial charge < -0.3 is 14.7 Å². The molecule has 1 atom stereocenters. The first kappa shape index (κ1) is 25.6. The molecule has 35 heavy (non-hydrogen) atoms. The summed E-state index contributed by atoms with van der Waals surface area (Å²) in [6.07, 6.45) is 2.67. The lowest BCUT2D eigenvalue weighted by atomic mass is 9.95. The summed E-state index contributed by atoms with van der Waals surface area (Å²) in [5.74, 6) is -1.87. The number of carbonyl (C=O) groups is 2. The smallest absolute Gasteiger partial charge is 0.295 e. The number of rotatable bonds is 7. The van der Waals surface area contributed by atoms with Crippen molar-refractivity contribution in [2.75, 3.05) is 33.4 Å². The van der Waals surface area contributed by atoms with Gasteiger partial charge in [-0.05, 0) is 54.8 Å². The fraction of sp³-hybridized carbons (Fsp3) is 0.360. The first-order valence-corrected chi connectivity index (χ1v) is 13.6. The number of benzene rings is 2. The molecule has 2 aliphatic heterocycles. The molecular formula is C25H27BrN2O6S. The number of ketones is 1. The largest absolute Gasteiger partial charge is 0.507 e. The van der Waals surface area contributed by atoms with Crippen molar-refractivity contribution in [1.29, 1.82) is 0 Å². The van der Waals surface area contributed by atoms with Crippen molar-refractivity contribution in [1.82, 2.24) is 9.21 Å². The fourth-order valence-corrected chi connectivity index (χ4v) is 6.45. The van der Waals surface area contributed by atoms with Gasteiger partial charge in [0.05, 0.1) is 23.1 Å². The van der Waals surface area contributed by atoms with Gasteiger partial charge >= 0.3 is 0 Å². The summed E-state index contributed by atoms with van der Waals surface area (Å²) in [5.41, 5.74) is 0.865. The molecule has 1 amide bonds. The van der Waals surface area contributed by atoms with Crippen LogP contribution in [-0.4, -0.2) is 67.8 Å². The monoisotopic (exact) mass is 562 g/mol.